The highest BCUT2D eigenvalue weighted by Crippen LogP contribution is 2.36. The fourth-order valence-corrected chi connectivity index (χ4v) is 5.45. The van der Waals surface area contributed by atoms with Gasteiger partial charge in [-0.05, 0) is 77.7 Å². The summed E-state index contributed by atoms with van der Waals surface area (Å²) in [5, 5.41) is 2.45. The molecule has 1 saturated carbocycles. The van der Waals surface area contributed by atoms with E-state index in [0.29, 0.717) is 18.2 Å². The Hall–Kier alpha value is -4.12. The predicted molar refractivity (Wildman–Crippen MR) is 147 cm³/mol. The average Bonchev–Trinajstić information content (AvgIpc) is 3.35. The van der Waals surface area contributed by atoms with E-state index in [2.05, 4.69) is 59.2 Å². The minimum Gasteiger partial charge on any atom is -0.489 e. The maximum atomic E-state index is 12.1. The van der Waals surface area contributed by atoms with Crippen LogP contribution in [0.5, 0.6) is 5.75 Å². The molecule has 0 saturated heterocycles. The van der Waals surface area contributed by atoms with Gasteiger partial charge in [0, 0.05) is 11.6 Å². The second-order valence-corrected chi connectivity index (χ2v) is 9.79. The van der Waals surface area contributed by atoms with Gasteiger partial charge in [-0.15, -0.1) is 0 Å². The molecule has 1 aliphatic carbocycles. The zero-order valence-corrected chi connectivity index (χ0v) is 21.0. The van der Waals surface area contributed by atoms with Crippen molar-refractivity contribution in [2.75, 3.05) is 7.11 Å². The molecule has 0 aliphatic heterocycles. The number of nitrogens with zero attached hydrogens (tertiary/aromatic N) is 2. The molecule has 0 bridgehead atoms. The van der Waals surface area contributed by atoms with E-state index in [-0.39, 0.29) is 5.97 Å². The van der Waals surface area contributed by atoms with Crippen LogP contribution in [0.15, 0.2) is 84.9 Å². The summed E-state index contributed by atoms with van der Waals surface area (Å²) in [6, 6.07) is 29.1. The highest BCUT2D eigenvalue weighted by Gasteiger charge is 2.23. The molecule has 0 amide bonds. The van der Waals surface area contributed by atoms with Crippen molar-refractivity contribution in [1.29, 1.82) is 0 Å². The molecule has 0 N–H and O–H groups in total. The van der Waals surface area contributed by atoms with Gasteiger partial charge in [0.15, 0.2) is 0 Å². The quantitative estimate of drug-likeness (QED) is 0.229. The summed E-state index contributed by atoms with van der Waals surface area (Å²) in [4.78, 5) is 17.1. The molecule has 0 unspecified atom stereocenters. The molecule has 1 aromatic heterocycles. The van der Waals surface area contributed by atoms with Crippen LogP contribution in [0.1, 0.15) is 54.1 Å². The molecule has 1 aliphatic rings. The van der Waals surface area contributed by atoms with Crippen LogP contribution >= 0.6 is 0 Å². The smallest absolute Gasteiger partial charge is 0.337 e. The third kappa shape index (κ3) is 4.69. The first-order chi connectivity index (χ1) is 18.2. The molecule has 5 nitrogen and oxygen atoms in total. The van der Waals surface area contributed by atoms with Gasteiger partial charge < -0.3 is 14.0 Å². The first kappa shape index (κ1) is 23.3. The van der Waals surface area contributed by atoms with E-state index in [9.17, 15) is 4.79 Å². The molecular formula is C32H30N2O3. The summed E-state index contributed by atoms with van der Waals surface area (Å²) in [6.07, 6.45) is 6.03. The van der Waals surface area contributed by atoms with Crippen molar-refractivity contribution in [3.63, 3.8) is 0 Å². The highest BCUT2D eigenvalue weighted by molar-refractivity contribution is 5.94. The van der Waals surface area contributed by atoms with Crippen molar-refractivity contribution in [2.45, 2.75) is 44.8 Å². The van der Waals surface area contributed by atoms with Gasteiger partial charge >= 0.3 is 5.97 Å². The van der Waals surface area contributed by atoms with E-state index in [1.807, 2.05) is 30.3 Å². The van der Waals surface area contributed by atoms with E-state index < -0.39 is 0 Å². The highest BCUT2D eigenvalue weighted by atomic mass is 16.5. The summed E-state index contributed by atoms with van der Waals surface area (Å²) < 4.78 is 13.4. The Balaban J connectivity index is 1.28. The molecular weight excluding hydrogens is 460 g/mol. The zero-order chi connectivity index (χ0) is 25.2. The van der Waals surface area contributed by atoms with Gasteiger partial charge in [-0.25, -0.2) is 9.78 Å². The average molecular weight is 491 g/mol. The van der Waals surface area contributed by atoms with Crippen LogP contribution in [0.2, 0.25) is 0 Å². The van der Waals surface area contributed by atoms with E-state index in [4.69, 9.17) is 14.5 Å². The number of ether oxygens (including phenoxy) is 2. The molecule has 5 aromatic rings. The van der Waals surface area contributed by atoms with E-state index in [1.165, 1.54) is 37.1 Å². The Labute approximate surface area is 216 Å². The van der Waals surface area contributed by atoms with Crippen molar-refractivity contribution in [3.05, 3.63) is 96.1 Å². The van der Waals surface area contributed by atoms with Gasteiger partial charge in [0.2, 0.25) is 0 Å². The van der Waals surface area contributed by atoms with Crippen molar-refractivity contribution >= 4 is 27.8 Å². The minimum atomic E-state index is -0.344. The van der Waals surface area contributed by atoms with Gasteiger partial charge in [-0.2, -0.15) is 0 Å². The molecule has 0 spiro atoms. The Morgan fingerprint density at radius 3 is 2.46 bits per heavy atom. The molecule has 6 rings (SSSR count). The Morgan fingerprint density at radius 2 is 1.68 bits per heavy atom. The van der Waals surface area contributed by atoms with Gasteiger partial charge in [0.1, 0.15) is 18.2 Å². The van der Waals surface area contributed by atoms with Crippen LogP contribution in [-0.4, -0.2) is 22.6 Å². The van der Waals surface area contributed by atoms with E-state index >= 15 is 0 Å². The molecule has 37 heavy (non-hydrogen) atoms. The predicted octanol–water partition coefficient (Wildman–Crippen LogP) is 7.73. The fraction of sp³-hybridized carbons (Fsp3) is 0.250. The lowest BCUT2D eigenvalue weighted by Crippen LogP contribution is -2.14. The van der Waals surface area contributed by atoms with Gasteiger partial charge in [0.05, 0.1) is 23.7 Å². The standard InChI is InChI=1S/C32H30N2O3/c1-36-32(35)26-15-18-30-29(20-26)33-31(34(30)27-9-3-2-4-10-27)24-13-16-28(17-14-24)37-21-22-11-12-23-7-5-6-8-25(23)19-22/h5-8,11-20,27H,2-4,9-10,21H2,1H3. The number of rotatable bonds is 6. The number of hydrogen-bond donors (Lipinski definition) is 0. The third-order valence-electron chi connectivity index (χ3n) is 7.38. The molecule has 0 radical (unpaired) electrons. The first-order valence-corrected chi connectivity index (χ1v) is 13.0. The lowest BCUT2D eigenvalue weighted by molar-refractivity contribution is 0.0601. The summed E-state index contributed by atoms with van der Waals surface area (Å²) in [7, 11) is 1.40. The number of carbonyl (C=O) groups excluding carboxylic acids is 1. The maximum absolute atomic E-state index is 12.1. The first-order valence-electron chi connectivity index (χ1n) is 13.0. The Morgan fingerprint density at radius 1 is 0.892 bits per heavy atom. The number of aromatic nitrogens is 2. The fourth-order valence-electron chi connectivity index (χ4n) is 5.45. The van der Waals surface area contributed by atoms with Gasteiger partial charge in [-0.1, -0.05) is 55.7 Å². The molecule has 4 aromatic carbocycles. The number of fused-ring (bicyclic) bond motifs is 2. The number of carbonyl (C=O) groups is 1. The van der Waals surface area contributed by atoms with Crippen LogP contribution in [-0.2, 0) is 11.3 Å². The summed E-state index contributed by atoms with van der Waals surface area (Å²) >= 11 is 0. The minimum absolute atomic E-state index is 0.344. The van der Waals surface area contributed by atoms with Crippen LogP contribution in [0.4, 0.5) is 0 Å². The van der Waals surface area contributed by atoms with E-state index in [0.717, 1.165) is 46.6 Å². The molecule has 0 atom stereocenters. The van der Waals surface area contributed by atoms with Crippen LogP contribution in [0.3, 0.4) is 0 Å². The van der Waals surface area contributed by atoms with Crippen molar-refractivity contribution < 1.29 is 14.3 Å². The second-order valence-electron chi connectivity index (χ2n) is 9.79. The number of methoxy groups -OCH3 is 1. The number of esters is 1. The normalized spacial score (nSPS) is 14.2. The molecule has 5 heteroatoms. The van der Waals surface area contributed by atoms with Crippen molar-refractivity contribution in [1.82, 2.24) is 9.55 Å². The third-order valence-corrected chi connectivity index (χ3v) is 7.38. The number of benzene rings is 4. The summed E-state index contributed by atoms with van der Waals surface area (Å²) in [6.45, 7) is 0.515. The topological polar surface area (TPSA) is 53.4 Å². The maximum Gasteiger partial charge on any atom is 0.337 e. The second kappa shape index (κ2) is 10.1. The molecule has 1 fully saturated rings. The van der Waals surface area contributed by atoms with Gasteiger partial charge in [-0.3, -0.25) is 0 Å². The SMILES string of the molecule is COC(=O)c1ccc2c(c1)nc(-c1ccc(OCc3ccc4ccccc4c3)cc1)n2C1CCCCC1. The largest absolute Gasteiger partial charge is 0.489 e. The Bertz CT molecular complexity index is 1560. The number of imidazole rings is 1. The van der Waals surface area contributed by atoms with Crippen LogP contribution < -0.4 is 4.74 Å². The Kier molecular flexibility index (Phi) is 6.35. The van der Waals surface area contributed by atoms with E-state index in [1.54, 1.807) is 0 Å². The van der Waals surface area contributed by atoms with Crippen molar-refractivity contribution in [3.8, 4) is 17.1 Å². The number of hydrogen-bond acceptors (Lipinski definition) is 4. The molecule has 1 heterocycles. The summed E-state index contributed by atoms with van der Waals surface area (Å²) in [5.74, 6) is 1.42. The summed E-state index contributed by atoms with van der Waals surface area (Å²) in [5.41, 5.74) is 4.58. The van der Waals surface area contributed by atoms with Crippen molar-refractivity contribution in [2.24, 2.45) is 0 Å². The monoisotopic (exact) mass is 490 g/mol. The van der Waals surface area contributed by atoms with Gasteiger partial charge in [0.25, 0.3) is 0 Å². The lowest BCUT2D eigenvalue weighted by Gasteiger charge is -2.25. The van der Waals surface area contributed by atoms with Crippen LogP contribution in [0.25, 0.3) is 33.2 Å². The molecule has 186 valence electrons. The van der Waals surface area contributed by atoms with Crippen LogP contribution in [0, 0.1) is 0 Å². The lowest BCUT2D eigenvalue weighted by atomic mass is 9.95. The zero-order valence-electron chi connectivity index (χ0n) is 21.0.